The predicted octanol–water partition coefficient (Wildman–Crippen LogP) is 5.30. The van der Waals surface area contributed by atoms with Crippen molar-refractivity contribution in [3.63, 3.8) is 0 Å². The second-order valence-corrected chi connectivity index (χ2v) is 12.3. The summed E-state index contributed by atoms with van der Waals surface area (Å²) in [5.74, 6) is 0. The van der Waals surface area contributed by atoms with Crippen molar-refractivity contribution in [3.8, 4) is 0 Å². The minimum Gasteiger partial charge on any atom is -0.412 e. The maximum Gasteiger partial charge on any atom is 0.187 e. The van der Waals surface area contributed by atoms with E-state index in [4.69, 9.17) is 4.43 Å². The third kappa shape index (κ3) is 4.54. The van der Waals surface area contributed by atoms with E-state index in [0.29, 0.717) is 12.1 Å². The van der Waals surface area contributed by atoms with E-state index < -0.39 is 8.32 Å². The lowest BCUT2D eigenvalue weighted by Crippen LogP contribution is -2.41. The van der Waals surface area contributed by atoms with E-state index in [1.807, 2.05) is 6.20 Å². The molecule has 2 unspecified atom stereocenters. The second kappa shape index (κ2) is 7.59. The summed E-state index contributed by atoms with van der Waals surface area (Å²) < 4.78 is 10.2. The van der Waals surface area contributed by atoms with E-state index in [1.54, 1.807) is 0 Å². The van der Waals surface area contributed by atoms with Crippen molar-refractivity contribution in [2.45, 2.75) is 83.7 Å². The predicted molar refractivity (Wildman–Crippen MR) is 99.3 cm³/mol. The number of rotatable bonds is 6. The normalized spacial score (nSPS) is 23.5. The Morgan fingerprint density at radius 1 is 1.38 bits per heavy atom. The largest absolute Gasteiger partial charge is 0.412 e. The van der Waals surface area contributed by atoms with Gasteiger partial charge in [0.25, 0.3) is 0 Å². The summed E-state index contributed by atoms with van der Waals surface area (Å²) in [5, 5.41) is 4.63. The zero-order chi connectivity index (χ0) is 15.5. The first-order chi connectivity index (χ1) is 9.94. The van der Waals surface area contributed by atoms with Crippen molar-refractivity contribution < 1.29 is 4.43 Å². The maximum absolute atomic E-state index is 6.69. The van der Waals surface area contributed by atoms with Gasteiger partial charge in [-0.25, -0.2) is 0 Å². The molecular weight excluding hydrogens is 391 g/mol. The van der Waals surface area contributed by atoms with E-state index in [9.17, 15) is 0 Å². The molecule has 3 nitrogen and oxygen atoms in total. The van der Waals surface area contributed by atoms with E-state index in [1.165, 1.54) is 53.8 Å². The van der Waals surface area contributed by atoms with Gasteiger partial charge in [0.2, 0.25) is 0 Å². The Hall–Kier alpha value is 0.117. The van der Waals surface area contributed by atoms with Crippen molar-refractivity contribution >= 4 is 30.9 Å². The Morgan fingerprint density at radius 2 is 2.10 bits per heavy atom. The zero-order valence-electron chi connectivity index (χ0n) is 13.9. The minimum atomic E-state index is -1.54. The SMILES string of the molecule is CCCC[Si](C)(C)OC1CCCCC1n1ncc(I)c1C. The molecule has 0 N–H and O–H groups in total. The molecule has 1 aromatic heterocycles. The van der Waals surface area contributed by atoms with Gasteiger partial charge in [-0.1, -0.05) is 32.6 Å². The zero-order valence-corrected chi connectivity index (χ0v) is 17.0. The van der Waals surface area contributed by atoms with Gasteiger partial charge in [-0.3, -0.25) is 4.68 Å². The Bertz CT molecular complexity index is 461. The second-order valence-electron chi connectivity index (χ2n) is 6.89. The van der Waals surface area contributed by atoms with Crippen molar-refractivity contribution in [1.82, 2.24) is 9.78 Å². The Morgan fingerprint density at radius 3 is 2.71 bits per heavy atom. The molecule has 5 heteroatoms. The van der Waals surface area contributed by atoms with Gasteiger partial charge >= 0.3 is 0 Å². The number of halogens is 1. The topological polar surface area (TPSA) is 27.1 Å². The van der Waals surface area contributed by atoms with Crippen LogP contribution < -0.4 is 0 Å². The molecule has 0 saturated heterocycles. The van der Waals surface area contributed by atoms with Crippen LogP contribution in [0.4, 0.5) is 0 Å². The highest BCUT2D eigenvalue weighted by molar-refractivity contribution is 14.1. The quantitative estimate of drug-likeness (QED) is 0.461. The molecule has 0 radical (unpaired) electrons. The monoisotopic (exact) mass is 420 g/mol. The Balaban J connectivity index is 2.10. The van der Waals surface area contributed by atoms with E-state index >= 15 is 0 Å². The molecule has 0 amide bonds. The molecule has 1 heterocycles. The van der Waals surface area contributed by atoms with Crippen LogP contribution in [-0.4, -0.2) is 24.2 Å². The van der Waals surface area contributed by atoms with Crippen LogP contribution in [0.5, 0.6) is 0 Å². The first kappa shape index (κ1) is 17.5. The molecule has 0 bridgehead atoms. The maximum atomic E-state index is 6.69. The smallest absolute Gasteiger partial charge is 0.187 e. The van der Waals surface area contributed by atoms with Crippen LogP contribution in [0, 0.1) is 10.5 Å². The van der Waals surface area contributed by atoms with E-state index in [2.05, 4.69) is 59.3 Å². The van der Waals surface area contributed by atoms with Gasteiger partial charge in [-0.2, -0.15) is 5.10 Å². The number of aromatic nitrogens is 2. The van der Waals surface area contributed by atoms with E-state index in [-0.39, 0.29) is 0 Å². The van der Waals surface area contributed by atoms with Gasteiger partial charge < -0.3 is 4.43 Å². The highest BCUT2D eigenvalue weighted by Gasteiger charge is 2.34. The molecule has 0 spiro atoms. The summed E-state index contributed by atoms with van der Waals surface area (Å²) >= 11 is 2.38. The van der Waals surface area contributed by atoms with Crippen LogP contribution in [-0.2, 0) is 4.43 Å². The fourth-order valence-electron chi connectivity index (χ4n) is 3.30. The van der Waals surface area contributed by atoms with Gasteiger partial charge in [0.15, 0.2) is 8.32 Å². The van der Waals surface area contributed by atoms with Crippen molar-refractivity contribution in [1.29, 1.82) is 0 Å². The fraction of sp³-hybridized carbons (Fsp3) is 0.812. The highest BCUT2D eigenvalue weighted by Crippen LogP contribution is 2.34. The molecule has 2 rings (SSSR count). The van der Waals surface area contributed by atoms with Crippen LogP contribution >= 0.6 is 22.6 Å². The lowest BCUT2D eigenvalue weighted by atomic mass is 9.92. The van der Waals surface area contributed by atoms with E-state index in [0.717, 1.165) is 0 Å². The first-order valence-corrected chi connectivity index (χ1v) is 12.5. The summed E-state index contributed by atoms with van der Waals surface area (Å²) in [6, 6.07) is 1.72. The molecule has 0 aromatic carbocycles. The van der Waals surface area contributed by atoms with Crippen LogP contribution in [0.15, 0.2) is 6.20 Å². The van der Waals surface area contributed by atoms with Crippen molar-refractivity contribution in [3.05, 3.63) is 15.5 Å². The third-order valence-corrected chi connectivity index (χ3v) is 8.13. The Labute approximate surface area is 144 Å². The standard InChI is InChI=1S/C16H29IN2OSi/c1-5-6-11-21(3,4)20-16-10-8-7-9-15(16)19-13(2)14(17)12-18-19/h12,15-16H,5-11H2,1-4H3. The molecule has 1 aliphatic rings. The van der Waals surface area contributed by atoms with Crippen LogP contribution in [0.25, 0.3) is 0 Å². The number of hydrogen-bond acceptors (Lipinski definition) is 2. The number of hydrogen-bond donors (Lipinski definition) is 0. The van der Waals surface area contributed by atoms with Crippen LogP contribution in [0.1, 0.15) is 57.2 Å². The average Bonchev–Trinajstić information content (AvgIpc) is 2.77. The van der Waals surface area contributed by atoms with Gasteiger partial charge in [-0.15, -0.1) is 0 Å². The summed E-state index contributed by atoms with van der Waals surface area (Å²) in [4.78, 5) is 0. The Kier molecular flexibility index (Phi) is 6.32. The summed E-state index contributed by atoms with van der Waals surface area (Å²) in [7, 11) is -1.54. The molecule has 1 saturated carbocycles. The van der Waals surface area contributed by atoms with Crippen molar-refractivity contribution in [2.24, 2.45) is 0 Å². The summed E-state index contributed by atoms with van der Waals surface area (Å²) in [6.45, 7) is 9.21. The molecule has 21 heavy (non-hydrogen) atoms. The molecule has 1 fully saturated rings. The number of nitrogens with zero attached hydrogens (tertiary/aromatic N) is 2. The third-order valence-electron chi connectivity index (χ3n) is 4.57. The molecule has 0 aliphatic heterocycles. The van der Waals surface area contributed by atoms with Crippen LogP contribution in [0.2, 0.25) is 19.1 Å². The first-order valence-electron chi connectivity index (χ1n) is 8.32. The highest BCUT2D eigenvalue weighted by atomic mass is 127. The van der Waals surface area contributed by atoms with Gasteiger partial charge in [0.1, 0.15) is 0 Å². The lowest BCUT2D eigenvalue weighted by Gasteiger charge is -2.37. The van der Waals surface area contributed by atoms with Gasteiger partial charge in [-0.05, 0) is 61.5 Å². The molecule has 120 valence electrons. The summed E-state index contributed by atoms with van der Waals surface area (Å²) in [5.41, 5.74) is 1.30. The molecule has 2 atom stereocenters. The van der Waals surface area contributed by atoms with Gasteiger partial charge in [0.05, 0.1) is 21.9 Å². The molecule has 1 aliphatic carbocycles. The average molecular weight is 420 g/mol. The fourth-order valence-corrected chi connectivity index (χ4v) is 6.09. The number of unbranched alkanes of at least 4 members (excludes halogenated alkanes) is 1. The molecular formula is C16H29IN2OSi. The summed E-state index contributed by atoms with van der Waals surface area (Å²) in [6.07, 6.45) is 9.94. The van der Waals surface area contributed by atoms with Crippen molar-refractivity contribution in [2.75, 3.05) is 0 Å². The van der Waals surface area contributed by atoms with Gasteiger partial charge in [0, 0.05) is 5.69 Å². The minimum absolute atomic E-state index is 0.367. The van der Waals surface area contributed by atoms with Crippen LogP contribution in [0.3, 0.4) is 0 Å². The lowest BCUT2D eigenvalue weighted by molar-refractivity contribution is 0.0821. The molecule has 1 aromatic rings.